The molecular weight excluding hydrogens is 262 g/mol. The van der Waals surface area contributed by atoms with Gasteiger partial charge in [0, 0.05) is 37.0 Å². The van der Waals surface area contributed by atoms with Gasteiger partial charge in [-0.2, -0.15) is 11.8 Å². The summed E-state index contributed by atoms with van der Waals surface area (Å²) in [4.78, 5) is 29.8. The molecule has 2 amide bonds. The number of carbonyl (C=O) groups excluding carboxylic acids is 2. The third kappa shape index (κ3) is 3.70. The van der Waals surface area contributed by atoms with Crippen LogP contribution in [0, 0.1) is 0 Å². The van der Waals surface area contributed by atoms with E-state index in [4.69, 9.17) is 0 Å². The molecule has 1 fully saturated rings. The van der Waals surface area contributed by atoms with E-state index >= 15 is 0 Å². The second-order valence-corrected chi connectivity index (χ2v) is 5.60. The molecule has 0 spiro atoms. The summed E-state index contributed by atoms with van der Waals surface area (Å²) in [5, 5.41) is 2.72. The Balaban J connectivity index is 1.91. The number of carbonyl (C=O) groups is 2. The number of nitrogens with zero attached hydrogens (tertiary/aromatic N) is 2. The average Bonchev–Trinajstić information content (AvgIpc) is 2.48. The molecule has 102 valence electrons. The highest BCUT2D eigenvalue weighted by atomic mass is 32.2. The normalized spacial score (nSPS) is 16.8. The zero-order chi connectivity index (χ0) is 13.7. The number of rotatable bonds is 3. The SMILES string of the molecule is CC(NC(=O)c1cccnc1)C(=O)N1CCSCC1. The van der Waals surface area contributed by atoms with Gasteiger partial charge in [-0.15, -0.1) is 0 Å². The van der Waals surface area contributed by atoms with Crippen LogP contribution in [0.3, 0.4) is 0 Å². The molecule has 2 rings (SSSR count). The molecule has 1 aromatic rings. The number of amides is 2. The Hall–Kier alpha value is -1.56. The monoisotopic (exact) mass is 279 g/mol. The third-order valence-electron chi connectivity index (χ3n) is 2.96. The van der Waals surface area contributed by atoms with Crippen LogP contribution in [0.25, 0.3) is 0 Å². The topological polar surface area (TPSA) is 62.3 Å². The molecule has 6 heteroatoms. The van der Waals surface area contributed by atoms with E-state index in [1.54, 1.807) is 25.3 Å². The van der Waals surface area contributed by atoms with Gasteiger partial charge >= 0.3 is 0 Å². The Morgan fingerprint density at radius 3 is 2.79 bits per heavy atom. The van der Waals surface area contributed by atoms with Crippen LogP contribution in [0.5, 0.6) is 0 Å². The lowest BCUT2D eigenvalue weighted by molar-refractivity contribution is -0.132. The van der Waals surface area contributed by atoms with Crippen molar-refractivity contribution in [3.63, 3.8) is 0 Å². The standard InChI is InChI=1S/C13H17N3O2S/c1-10(13(18)16-5-7-19-8-6-16)15-12(17)11-3-2-4-14-9-11/h2-4,9-10H,5-8H2,1H3,(H,15,17). The first-order valence-corrected chi connectivity index (χ1v) is 7.41. The Bertz CT molecular complexity index is 446. The molecule has 0 bridgehead atoms. The summed E-state index contributed by atoms with van der Waals surface area (Å²) in [5.41, 5.74) is 0.469. The van der Waals surface area contributed by atoms with Gasteiger partial charge in [-0.25, -0.2) is 0 Å². The maximum atomic E-state index is 12.2. The largest absolute Gasteiger partial charge is 0.340 e. The van der Waals surface area contributed by atoms with Crippen molar-refractivity contribution in [3.05, 3.63) is 30.1 Å². The molecule has 0 aliphatic carbocycles. The number of hydrogen-bond acceptors (Lipinski definition) is 4. The zero-order valence-electron chi connectivity index (χ0n) is 10.8. The van der Waals surface area contributed by atoms with Gasteiger partial charge in [0.2, 0.25) is 5.91 Å². The summed E-state index contributed by atoms with van der Waals surface area (Å²) < 4.78 is 0. The van der Waals surface area contributed by atoms with Crippen LogP contribution in [0.4, 0.5) is 0 Å². The van der Waals surface area contributed by atoms with E-state index in [9.17, 15) is 9.59 Å². The fourth-order valence-corrected chi connectivity index (χ4v) is 2.80. The first-order chi connectivity index (χ1) is 9.18. The van der Waals surface area contributed by atoms with Gasteiger partial charge in [0.05, 0.1) is 5.56 Å². The molecule has 1 atom stereocenters. The van der Waals surface area contributed by atoms with Gasteiger partial charge in [-0.05, 0) is 19.1 Å². The molecule has 0 radical (unpaired) electrons. The molecular formula is C13H17N3O2S. The molecule has 2 heterocycles. The van der Waals surface area contributed by atoms with Crippen LogP contribution in [-0.4, -0.2) is 52.3 Å². The molecule has 1 aliphatic rings. The highest BCUT2D eigenvalue weighted by Crippen LogP contribution is 2.10. The quantitative estimate of drug-likeness (QED) is 0.888. The molecule has 1 saturated heterocycles. The molecule has 0 saturated carbocycles. The van der Waals surface area contributed by atoms with Gasteiger partial charge in [0.1, 0.15) is 6.04 Å². The van der Waals surface area contributed by atoms with Crippen LogP contribution in [0.15, 0.2) is 24.5 Å². The van der Waals surface area contributed by atoms with E-state index in [1.807, 2.05) is 16.7 Å². The number of thioether (sulfide) groups is 1. The minimum Gasteiger partial charge on any atom is -0.340 e. The zero-order valence-corrected chi connectivity index (χ0v) is 11.7. The second-order valence-electron chi connectivity index (χ2n) is 4.37. The summed E-state index contributed by atoms with van der Waals surface area (Å²) in [7, 11) is 0. The smallest absolute Gasteiger partial charge is 0.253 e. The predicted octanol–water partition coefficient (Wildman–Crippen LogP) is 0.775. The number of aromatic nitrogens is 1. The van der Waals surface area contributed by atoms with E-state index in [2.05, 4.69) is 10.3 Å². The Morgan fingerprint density at radius 2 is 2.16 bits per heavy atom. The maximum absolute atomic E-state index is 12.2. The highest BCUT2D eigenvalue weighted by molar-refractivity contribution is 7.99. The number of nitrogens with one attached hydrogen (secondary N) is 1. The van der Waals surface area contributed by atoms with Gasteiger partial charge in [-0.1, -0.05) is 0 Å². The Labute approximate surface area is 116 Å². The summed E-state index contributed by atoms with van der Waals surface area (Å²) in [6, 6.07) is 2.87. The highest BCUT2D eigenvalue weighted by Gasteiger charge is 2.23. The maximum Gasteiger partial charge on any atom is 0.253 e. The summed E-state index contributed by atoms with van der Waals surface area (Å²) >= 11 is 1.85. The van der Waals surface area contributed by atoms with Crippen molar-refractivity contribution < 1.29 is 9.59 Å². The van der Waals surface area contributed by atoms with Crippen molar-refractivity contribution >= 4 is 23.6 Å². The lowest BCUT2D eigenvalue weighted by Crippen LogP contribution is -2.49. The van der Waals surface area contributed by atoms with Crippen molar-refractivity contribution in [2.45, 2.75) is 13.0 Å². The van der Waals surface area contributed by atoms with E-state index in [0.29, 0.717) is 5.56 Å². The Morgan fingerprint density at radius 1 is 1.42 bits per heavy atom. The summed E-state index contributed by atoms with van der Waals surface area (Å²) in [5.74, 6) is 1.65. The van der Waals surface area contributed by atoms with Crippen molar-refractivity contribution in [1.29, 1.82) is 0 Å². The first-order valence-electron chi connectivity index (χ1n) is 6.26. The molecule has 1 unspecified atom stereocenters. The Kier molecular flexibility index (Phi) is 4.79. The summed E-state index contributed by atoms with van der Waals surface area (Å²) in [6.07, 6.45) is 3.10. The van der Waals surface area contributed by atoms with Crippen molar-refractivity contribution in [3.8, 4) is 0 Å². The van der Waals surface area contributed by atoms with Crippen molar-refractivity contribution in [1.82, 2.24) is 15.2 Å². The molecule has 19 heavy (non-hydrogen) atoms. The van der Waals surface area contributed by atoms with Gasteiger partial charge in [0.15, 0.2) is 0 Å². The number of pyridine rings is 1. The minimum absolute atomic E-state index is 0.0162. The van der Waals surface area contributed by atoms with Crippen LogP contribution in [-0.2, 0) is 4.79 Å². The molecule has 1 N–H and O–H groups in total. The van der Waals surface area contributed by atoms with Gasteiger partial charge in [0.25, 0.3) is 5.91 Å². The minimum atomic E-state index is -0.504. The van der Waals surface area contributed by atoms with Crippen molar-refractivity contribution in [2.75, 3.05) is 24.6 Å². The first kappa shape index (κ1) is 13.9. The van der Waals surface area contributed by atoms with Crippen LogP contribution >= 0.6 is 11.8 Å². The van der Waals surface area contributed by atoms with E-state index in [0.717, 1.165) is 24.6 Å². The van der Waals surface area contributed by atoms with Crippen LogP contribution in [0.1, 0.15) is 17.3 Å². The second kappa shape index (κ2) is 6.56. The predicted molar refractivity (Wildman–Crippen MR) is 75.1 cm³/mol. The molecule has 1 aliphatic heterocycles. The van der Waals surface area contributed by atoms with Crippen LogP contribution < -0.4 is 5.32 Å². The third-order valence-corrected chi connectivity index (χ3v) is 3.91. The fraction of sp³-hybridized carbons (Fsp3) is 0.462. The molecule has 0 aromatic carbocycles. The molecule has 5 nitrogen and oxygen atoms in total. The lowest BCUT2D eigenvalue weighted by atomic mass is 10.2. The van der Waals surface area contributed by atoms with E-state index in [1.165, 1.54) is 6.20 Å². The summed E-state index contributed by atoms with van der Waals surface area (Å²) in [6.45, 7) is 3.24. The number of hydrogen-bond donors (Lipinski definition) is 1. The van der Waals surface area contributed by atoms with E-state index in [-0.39, 0.29) is 11.8 Å². The van der Waals surface area contributed by atoms with Crippen molar-refractivity contribution in [2.24, 2.45) is 0 Å². The molecule has 1 aromatic heterocycles. The fourth-order valence-electron chi connectivity index (χ4n) is 1.90. The lowest BCUT2D eigenvalue weighted by Gasteiger charge is -2.29. The average molecular weight is 279 g/mol. The van der Waals surface area contributed by atoms with Crippen LogP contribution in [0.2, 0.25) is 0 Å². The van der Waals surface area contributed by atoms with E-state index < -0.39 is 6.04 Å². The van der Waals surface area contributed by atoms with Gasteiger partial charge in [-0.3, -0.25) is 14.6 Å². The van der Waals surface area contributed by atoms with Gasteiger partial charge < -0.3 is 10.2 Å².